The molecule has 2 atom stereocenters. The first-order valence-electron chi connectivity index (χ1n) is 8.27. The van der Waals surface area contributed by atoms with Gasteiger partial charge in [0.25, 0.3) is 17.9 Å². The summed E-state index contributed by atoms with van der Waals surface area (Å²) in [5, 5.41) is 3.04. The molecule has 3 rings (SSSR count). The molecule has 0 radical (unpaired) electrons. The summed E-state index contributed by atoms with van der Waals surface area (Å²) in [6.07, 6.45) is 3.30. The van der Waals surface area contributed by atoms with E-state index in [1.54, 1.807) is 6.20 Å². The van der Waals surface area contributed by atoms with Crippen LogP contribution in [0.5, 0.6) is 0 Å². The number of barbiturate groups is 1. The van der Waals surface area contributed by atoms with Gasteiger partial charge in [0.05, 0.1) is 7.11 Å². The zero-order valence-corrected chi connectivity index (χ0v) is 14.8. The Morgan fingerprint density at radius 1 is 1.33 bits per heavy atom. The first-order chi connectivity index (χ1) is 12.9. The van der Waals surface area contributed by atoms with Crippen LogP contribution in [0.25, 0.3) is 10.9 Å². The number of esters is 1. The van der Waals surface area contributed by atoms with E-state index in [9.17, 15) is 19.2 Å². The summed E-state index contributed by atoms with van der Waals surface area (Å²) in [6.45, 7) is 0. The molecule has 1 aliphatic rings. The van der Waals surface area contributed by atoms with Crippen molar-refractivity contribution in [2.24, 2.45) is 5.92 Å². The number of rotatable bonds is 5. The van der Waals surface area contributed by atoms with Gasteiger partial charge in [0.2, 0.25) is 0 Å². The standard InChI is InChI=1S/C18H18N4O5/c1-22-16(24)12(15(23)21-18(22)26)9-20-14(17(25)27-2)7-10-8-19-13-6-4-3-5-11(10)13/h3-6,8-9,12,14,19H,7H2,1-2H3,(H,21,23,26)/p+1. The van der Waals surface area contributed by atoms with Gasteiger partial charge in [-0.1, -0.05) is 18.2 Å². The highest BCUT2D eigenvalue weighted by atomic mass is 16.5. The van der Waals surface area contributed by atoms with Gasteiger partial charge in [0, 0.05) is 30.6 Å². The molecule has 3 N–H and O–H groups in total. The maximum absolute atomic E-state index is 12.2. The first kappa shape index (κ1) is 18.3. The molecular formula is C18H19N4O5+. The van der Waals surface area contributed by atoms with Gasteiger partial charge in [0.1, 0.15) is 0 Å². The molecule has 0 saturated carbocycles. The molecule has 0 bridgehead atoms. The van der Waals surface area contributed by atoms with Gasteiger partial charge in [-0.05, 0) is 11.6 Å². The molecule has 9 nitrogen and oxygen atoms in total. The lowest BCUT2D eigenvalue weighted by atomic mass is 10.0. The van der Waals surface area contributed by atoms with E-state index in [2.05, 4.69) is 15.3 Å². The Labute approximate surface area is 154 Å². The number of nitrogens with one attached hydrogen (secondary N) is 3. The van der Waals surface area contributed by atoms with Gasteiger partial charge >= 0.3 is 12.0 Å². The van der Waals surface area contributed by atoms with Crippen molar-refractivity contribution in [2.75, 3.05) is 14.2 Å². The minimum Gasteiger partial charge on any atom is -0.464 e. The number of H-pyrrole nitrogens is 1. The highest BCUT2D eigenvalue weighted by Gasteiger charge is 2.40. The second-order valence-electron chi connectivity index (χ2n) is 6.14. The molecular weight excluding hydrogens is 352 g/mol. The summed E-state index contributed by atoms with van der Waals surface area (Å²) in [4.78, 5) is 54.4. The van der Waals surface area contributed by atoms with Crippen molar-refractivity contribution in [3.63, 3.8) is 0 Å². The third-order valence-corrected chi connectivity index (χ3v) is 4.46. The van der Waals surface area contributed by atoms with E-state index in [-0.39, 0.29) is 6.42 Å². The van der Waals surface area contributed by atoms with E-state index in [4.69, 9.17) is 4.74 Å². The first-order valence-corrected chi connectivity index (χ1v) is 8.27. The summed E-state index contributed by atoms with van der Waals surface area (Å²) in [5.74, 6) is -3.18. The number of aromatic amines is 1. The zero-order chi connectivity index (χ0) is 19.6. The van der Waals surface area contributed by atoms with Crippen molar-refractivity contribution in [1.29, 1.82) is 0 Å². The molecule has 9 heteroatoms. The lowest BCUT2D eigenvalue weighted by Crippen LogP contribution is -2.81. The Bertz CT molecular complexity index is 948. The van der Waals surface area contributed by atoms with Crippen LogP contribution in [-0.4, -0.2) is 60.1 Å². The number of hydrogen-bond donors (Lipinski definition) is 3. The Morgan fingerprint density at radius 2 is 2.07 bits per heavy atom. The summed E-state index contributed by atoms with van der Waals surface area (Å²) >= 11 is 0. The molecule has 2 aromatic rings. The Balaban J connectivity index is 1.84. The minimum atomic E-state index is -1.22. The fourth-order valence-corrected chi connectivity index (χ4v) is 2.92. The molecule has 1 aliphatic heterocycles. The molecule has 1 saturated heterocycles. The van der Waals surface area contributed by atoms with Crippen molar-refractivity contribution in [3.05, 3.63) is 36.0 Å². The number of imide groups is 2. The number of benzene rings is 1. The largest absolute Gasteiger partial charge is 0.464 e. The third-order valence-electron chi connectivity index (χ3n) is 4.46. The molecule has 140 valence electrons. The van der Waals surface area contributed by atoms with E-state index >= 15 is 0 Å². The number of urea groups is 1. The van der Waals surface area contributed by atoms with Crippen LogP contribution in [0, 0.1) is 5.92 Å². The zero-order valence-electron chi connectivity index (χ0n) is 14.8. The summed E-state index contributed by atoms with van der Waals surface area (Å²) in [6, 6.07) is 6.05. The van der Waals surface area contributed by atoms with Crippen LogP contribution in [0.15, 0.2) is 30.5 Å². The number of carbonyl (C=O) groups excluding carboxylic acids is 4. The molecule has 0 aliphatic carbocycles. The van der Waals surface area contributed by atoms with Gasteiger partial charge in [-0.3, -0.25) is 19.8 Å². The fraction of sp³-hybridized carbons (Fsp3) is 0.278. The Morgan fingerprint density at radius 3 is 2.81 bits per heavy atom. The SMILES string of the molecule is COC(=O)C(Cc1c[nH]c2ccccc12)[NH+]=CC1C(=O)NC(=O)N(C)C1=O. The predicted molar refractivity (Wildman–Crippen MR) is 94.6 cm³/mol. The monoisotopic (exact) mass is 371 g/mol. The number of amides is 4. The fourth-order valence-electron chi connectivity index (χ4n) is 2.92. The van der Waals surface area contributed by atoms with Gasteiger partial charge in [-0.2, -0.15) is 0 Å². The highest BCUT2D eigenvalue weighted by Crippen LogP contribution is 2.18. The normalized spacial score (nSPS) is 18.8. The van der Waals surface area contributed by atoms with Gasteiger partial charge in [0.15, 0.2) is 12.1 Å². The number of fused-ring (bicyclic) bond motifs is 1. The summed E-state index contributed by atoms with van der Waals surface area (Å²) in [7, 11) is 2.53. The average molecular weight is 371 g/mol. The number of nitrogens with zero attached hydrogens (tertiary/aromatic N) is 1. The van der Waals surface area contributed by atoms with Crippen LogP contribution < -0.4 is 10.3 Å². The number of ether oxygens (including phenoxy) is 1. The van der Waals surface area contributed by atoms with Crippen molar-refractivity contribution in [3.8, 4) is 0 Å². The molecule has 0 spiro atoms. The molecule has 27 heavy (non-hydrogen) atoms. The number of carbonyl (C=O) groups is 4. The summed E-state index contributed by atoms with van der Waals surface area (Å²) in [5.41, 5.74) is 1.82. The molecule has 4 amide bonds. The second kappa shape index (κ2) is 7.40. The van der Waals surface area contributed by atoms with Crippen molar-refractivity contribution < 1.29 is 28.9 Å². The quantitative estimate of drug-likeness (QED) is 0.344. The summed E-state index contributed by atoms with van der Waals surface area (Å²) < 4.78 is 4.82. The van der Waals surface area contributed by atoms with Crippen molar-refractivity contribution in [2.45, 2.75) is 12.5 Å². The van der Waals surface area contributed by atoms with E-state index < -0.39 is 35.8 Å². The van der Waals surface area contributed by atoms with Crippen molar-refractivity contribution >= 4 is 40.9 Å². The number of methoxy groups -OCH3 is 1. The van der Waals surface area contributed by atoms with Crippen molar-refractivity contribution in [1.82, 2.24) is 15.2 Å². The molecule has 1 aromatic carbocycles. The minimum absolute atomic E-state index is 0.282. The van der Waals surface area contributed by atoms with Crippen LogP contribution in [0.4, 0.5) is 4.79 Å². The topological polar surface area (TPSA) is 123 Å². The highest BCUT2D eigenvalue weighted by molar-refractivity contribution is 6.22. The van der Waals surface area contributed by atoms with E-state index in [1.165, 1.54) is 20.4 Å². The van der Waals surface area contributed by atoms with Gasteiger partial charge < -0.3 is 9.72 Å². The van der Waals surface area contributed by atoms with Crippen LogP contribution >= 0.6 is 0 Å². The van der Waals surface area contributed by atoms with E-state index in [0.717, 1.165) is 21.4 Å². The number of para-hydroxylation sites is 1. The molecule has 1 fully saturated rings. The molecule has 2 unspecified atom stereocenters. The lowest BCUT2D eigenvalue weighted by Gasteiger charge is -2.23. The molecule has 1 aromatic heterocycles. The molecule has 2 heterocycles. The van der Waals surface area contributed by atoms with Gasteiger partial charge in [-0.15, -0.1) is 0 Å². The Hall–Kier alpha value is -3.49. The maximum atomic E-state index is 12.2. The average Bonchev–Trinajstić information content (AvgIpc) is 3.07. The lowest BCUT2D eigenvalue weighted by molar-refractivity contribution is -0.486. The van der Waals surface area contributed by atoms with Crippen LogP contribution in [0.1, 0.15) is 5.56 Å². The van der Waals surface area contributed by atoms with Crippen LogP contribution in [0.3, 0.4) is 0 Å². The maximum Gasteiger partial charge on any atom is 0.375 e. The second-order valence-corrected chi connectivity index (χ2v) is 6.14. The van der Waals surface area contributed by atoms with Crippen LogP contribution in [-0.2, 0) is 25.5 Å². The van der Waals surface area contributed by atoms with Crippen LogP contribution in [0.2, 0.25) is 0 Å². The smallest absolute Gasteiger partial charge is 0.375 e. The third kappa shape index (κ3) is 3.57. The number of aromatic nitrogens is 1. The van der Waals surface area contributed by atoms with Gasteiger partial charge in [-0.25, -0.2) is 14.6 Å². The Kier molecular flexibility index (Phi) is 5.02. The number of hydrogen-bond acceptors (Lipinski definition) is 5. The van der Waals surface area contributed by atoms with E-state index in [1.807, 2.05) is 24.3 Å². The predicted octanol–water partition coefficient (Wildman–Crippen LogP) is -1.27. The van der Waals surface area contributed by atoms with E-state index in [0.29, 0.717) is 0 Å².